The molecule has 0 unspecified atom stereocenters. The molecule has 4 heteroatoms. The van der Waals surface area contributed by atoms with Gasteiger partial charge in [-0.05, 0) is 43.9 Å². The highest BCUT2D eigenvalue weighted by atomic mass is 16.5. The summed E-state index contributed by atoms with van der Waals surface area (Å²) in [6.07, 6.45) is 5.77. The average Bonchev–Trinajstić information content (AvgIpc) is 3.04. The Labute approximate surface area is 102 Å². The summed E-state index contributed by atoms with van der Waals surface area (Å²) in [5.41, 5.74) is -0.455. The van der Waals surface area contributed by atoms with Crippen LogP contribution in [0.1, 0.15) is 38.5 Å². The normalized spacial score (nSPS) is 23.3. The Morgan fingerprint density at radius 2 is 2.12 bits per heavy atom. The molecule has 2 fully saturated rings. The van der Waals surface area contributed by atoms with Crippen molar-refractivity contribution < 1.29 is 9.53 Å². The lowest BCUT2D eigenvalue weighted by atomic mass is 9.69. The van der Waals surface area contributed by atoms with E-state index < -0.39 is 5.41 Å². The third-order valence-electron chi connectivity index (χ3n) is 4.27. The van der Waals surface area contributed by atoms with Gasteiger partial charge in [-0.25, -0.2) is 0 Å². The van der Waals surface area contributed by atoms with Gasteiger partial charge in [-0.2, -0.15) is 5.26 Å². The number of carbonyl (C=O) groups is 1. The van der Waals surface area contributed by atoms with E-state index in [0.29, 0.717) is 6.54 Å². The molecule has 2 aliphatic rings. The van der Waals surface area contributed by atoms with E-state index in [1.54, 1.807) is 7.11 Å². The fourth-order valence-electron chi connectivity index (χ4n) is 2.37. The van der Waals surface area contributed by atoms with Gasteiger partial charge in [0, 0.05) is 20.3 Å². The molecule has 0 spiro atoms. The van der Waals surface area contributed by atoms with Crippen LogP contribution >= 0.6 is 0 Å². The van der Waals surface area contributed by atoms with E-state index in [0.717, 1.165) is 45.1 Å². The third-order valence-corrected chi connectivity index (χ3v) is 4.27. The first-order valence-electron chi connectivity index (χ1n) is 6.35. The first-order chi connectivity index (χ1) is 8.16. The Morgan fingerprint density at radius 3 is 2.53 bits per heavy atom. The van der Waals surface area contributed by atoms with Crippen molar-refractivity contribution in [2.75, 3.05) is 20.3 Å². The first-order valence-corrected chi connectivity index (χ1v) is 6.35. The molecule has 17 heavy (non-hydrogen) atoms. The molecule has 0 radical (unpaired) electrons. The number of hydrogen-bond donors (Lipinski definition) is 1. The van der Waals surface area contributed by atoms with E-state index in [4.69, 9.17) is 10.00 Å². The number of ether oxygens (including phenoxy) is 1. The molecule has 2 aliphatic carbocycles. The molecule has 0 bridgehead atoms. The van der Waals surface area contributed by atoms with Gasteiger partial charge in [0.15, 0.2) is 0 Å². The number of rotatable bonds is 6. The molecule has 0 aliphatic heterocycles. The summed E-state index contributed by atoms with van der Waals surface area (Å²) < 4.78 is 5.08. The lowest BCUT2D eigenvalue weighted by Gasteiger charge is -2.33. The molecule has 0 aromatic carbocycles. The lowest BCUT2D eigenvalue weighted by Crippen LogP contribution is -2.46. The molecule has 2 rings (SSSR count). The first kappa shape index (κ1) is 12.4. The van der Waals surface area contributed by atoms with E-state index >= 15 is 0 Å². The van der Waals surface area contributed by atoms with Crippen LogP contribution in [0, 0.1) is 22.2 Å². The van der Waals surface area contributed by atoms with E-state index in [1.165, 1.54) is 0 Å². The van der Waals surface area contributed by atoms with Crippen LogP contribution in [0.25, 0.3) is 0 Å². The predicted octanol–water partition coefficient (Wildman–Crippen LogP) is 1.61. The summed E-state index contributed by atoms with van der Waals surface area (Å²) in [5, 5.41) is 12.0. The Hall–Kier alpha value is -1.08. The number of amides is 1. The van der Waals surface area contributed by atoms with Crippen molar-refractivity contribution in [2.45, 2.75) is 38.5 Å². The second-order valence-electron chi connectivity index (χ2n) is 5.47. The van der Waals surface area contributed by atoms with Gasteiger partial charge in [0.1, 0.15) is 5.41 Å². The van der Waals surface area contributed by atoms with Gasteiger partial charge >= 0.3 is 0 Å². The van der Waals surface area contributed by atoms with Crippen LogP contribution < -0.4 is 5.32 Å². The predicted molar refractivity (Wildman–Crippen MR) is 63.1 cm³/mol. The minimum absolute atomic E-state index is 0.0602. The van der Waals surface area contributed by atoms with Gasteiger partial charge < -0.3 is 10.1 Å². The minimum atomic E-state index is -0.711. The smallest absolute Gasteiger partial charge is 0.240 e. The lowest BCUT2D eigenvalue weighted by molar-refractivity contribution is -0.132. The summed E-state index contributed by atoms with van der Waals surface area (Å²) in [5.74, 6) is -0.0602. The highest BCUT2D eigenvalue weighted by molar-refractivity contribution is 5.86. The van der Waals surface area contributed by atoms with Crippen molar-refractivity contribution in [2.24, 2.45) is 10.8 Å². The number of nitrogens with zero attached hydrogens (tertiary/aromatic N) is 1. The van der Waals surface area contributed by atoms with Crippen LogP contribution in [0.2, 0.25) is 0 Å². The SMILES string of the molecule is COCCC1(CNC(=O)C2(C#N)CCC2)CC1. The molecule has 0 aromatic heterocycles. The summed E-state index contributed by atoms with van der Waals surface area (Å²) in [4.78, 5) is 12.0. The molecule has 0 heterocycles. The summed E-state index contributed by atoms with van der Waals surface area (Å²) in [6.45, 7) is 1.46. The minimum Gasteiger partial charge on any atom is -0.385 e. The summed E-state index contributed by atoms with van der Waals surface area (Å²) in [6, 6.07) is 2.18. The molecule has 1 N–H and O–H groups in total. The highest BCUT2D eigenvalue weighted by Gasteiger charge is 2.47. The fraction of sp³-hybridized carbons (Fsp3) is 0.846. The van der Waals surface area contributed by atoms with Crippen molar-refractivity contribution in [3.8, 4) is 6.07 Å². The van der Waals surface area contributed by atoms with Gasteiger partial charge in [-0.3, -0.25) is 4.79 Å². The highest BCUT2D eigenvalue weighted by Crippen LogP contribution is 2.48. The van der Waals surface area contributed by atoms with Crippen LogP contribution in [-0.4, -0.2) is 26.2 Å². The third kappa shape index (κ3) is 2.44. The van der Waals surface area contributed by atoms with Crippen LogP contribution in [0.15, 0.2) is 0 Å². The number of methoxy groups -OCH3 is 1. The molecular weight excluding hydrogens is 216 g/mol. The second-order valence-corrected chi connectivity index (χ2v) is 5.47. The van der Waals surface area contributed by atoms with Gasteiger partial charge in [0.2, 0.25) is 5.91 Å². The molecule has 0 atom stereocenters. The number of nitrogens with one attached hydrogen (secondary N) is 1. The quantitative estimate of drug-likeness (QED) is 0.762. The Balaban J connectivity index is 1.79. The maximum Gasteiger partial charge on any atom is 0.240 e. The summed E-state index contributed by atoms with van der Waals surface area (Å²) >= 11 is 0. The molecule has 2 saturated carbocycles. The molecule has 94 valence electrons. The largest absolute Gasteiger partial charge is 0.385 e. The molecule has 1 amide bonds. The zero-order valence-electron chi connectivity index (χ0n) is 10.4. The maximum atomic E-state index is 12.0. The summed E-state index contributed by atoms with van der Waals surface area (Å²) in [7, 11) is 1.70. The van der Waals surface area contributed by atoms with Crippen LogP contribution in [-0.2, 0) is 9.53 Å². The van der Waals surface area contributed by atoms with Crippen molar-refractivity contribution >= 4 is 5.91 Å². The topological polar surface area (TPSA) is 62.1 Å². The van der Waals surface area contributed by atoms with Crippen molar-refractivity contribution in [1.29, 1.82) is 5.26 Å². The van der Waals surface area contributed by atoms with E-state index in [2.05, 4.69) is 11.4 Å². The Bertz CT molecular complexity index is 338. The molecular formula is C13H20N2O2. The van der Waals surface area contributed by atoms with Gasteiger partial charge in [0.05, 0.1) is 6.07 Å². The number of carbonyl (C=O) groups excluding carboxylic acids is 1. The van der Waals surface area contributed by atoms with Crippen LogP contribution in [0.5, 0.6) is 0 Å². The van der Waals surface area contributed by atoms with Crippen LogP contribution in [0.4, 0.5) is 0 Å². The van der Waals surface area contributed by atoms with Crippen LogP contribution in [0.3, 0.4) is 0 Å². The van der Waals surface area contributed by atoms with Crippen molar-refractivity contribution in [1.82, 2.24) is 5.32 Å². The molecule has 4 nitrogen and oxygen atoms in total. The number of hydrogen-bond acceptors (Lipinski definition) is 3. The zero-order valence-corrected chi connectivity index (χ0v) is 10.4. The van der Waals surface area contributed by atoms with Gasteiger partial charge in [-0.15, -0.1) is 0 Å². The molecule has 0 aromatic rings. The zero-order chi connectivity index (χ0) is 12.4. The van der Waals surface area contributed by atoms with Crippen molar-refractivity contribution in [3.63, 3.8) is 0 Å². The Kier molecular flexibility index (Phi) is 3.39. The maximum absolute atomic E-state index is 12.0. The van der Waals surface area contributed by atoms with Crippen molar-refractivity contribution in [3.05, 3.63) is 0 Å². The Morgan fingerprint density at radius 1 is 1.41 bits per heavy atom. The monoisotopic (exact) mass is 236 g/mol. The van der Waals surface area contributed by atoms with E-state index in [1.807, 2.05) is 0 Å². The standard InChI is InChI=1S/C13H20N2O2/c1-17-8-7-12(5-6-12)10-15-11(16)13(9-14)3-2-4-13/h2-8,10H2,1H3,(H,15,16). The van der Waals surface area contributed by atoms with Gasteiger partial charge in [0.25, 0.3) is 0 Å². The average molecular weight is 236 g/mol. The van der Waals surface area contributed by atoms with Gasteiger partial charge in [-0.1, -0.05) is 0 Å². The molecule has 0 saturated heterocycles. The van der Waals surface area contributed by atoms with E-state index in [9.17, 15) is 4.79 Å². The fourth-order valence-corrected chi connectivity index (χ4v) is 2.37. The second kappa shape index (κ2) is 4.66. The number of nitriles is 1. The van der Waals surface area contributed by atoms with E-state index in [-0.39, 0.29) is 11.3 Å².